The van der Waals surface area contributed by atoms with Crippen molar-refractivity contribution in [2.75, 3.05) is 4.72 Å². The molecule has 1 rings (SSSR count). The first-order chi connectivity index (χ1) is 8.69. The van der Waals surface area contributed by atoms with E-state index in [4.69, 9.17) is 5.73 Å². The van der Waals surface area contributed by atoms with Gasteiger partial charge in [-0.2, -0.15) is 0 Å². The molecule has 0 spiro atoms. The third-order valence-electron chi connectivity index (χ3n) is 2.31. The fourth-order valence-electron chi connectivity index (χ4n) is 1.43. The molecule has 0 saturated heterocycles. The fourth-order valence-corrected chi connectivity index (χ4v) is 3.74. The molecule has 1 atom stereocenters. The van der Waals surface area contributed by atoms with Crippen LogP contribution in [0.4, 0.5) is 14.5 Å². The molecule has 3 N–H and O–H groups in total. The van der Waals surface area contributed by atoms with Gasteiger partial charge in [0.1, 0.15) is 10.9 Å². The number of sulfonamides is 1. The van der Waals surface area contributed by atoms with E-state index in [2.05, 4.69) is 28.1 Å². The Balaban J connectivity index is 3.19. The molecule has 1 aromatic carbocycles. The Hall–Kier alpha value is -0.800. The summed E-state index contributed by atoms with van der Waals surface area (Å²) >= 11 is 7.53. The van der Waals surface area contributed by atoms with Crippen molar-refractivity contribution in [1.29, 1.82) is 0 Å². The molecular formula is C10H11BrF2N2O2S2. The summed E-state index contributed by atoms with van der Waals surface area (Å²) in [5.74, 6) is -2.07. The van der Waals surface area contributed by atoms with Crippen LogP contribution in [0, 0.1) is 11.6 Å². The summed E-state index contributed by atoms with van der Waals surface area (Å²) in [4.78, 5) is -0.257. The van der Waals surface area contributed by atoms with Gasteiger partial charge in [0.2, 0.25) is 10.0 Å². The number of hydrogen-bond donors (Lipinski definition) is 2. The Kier molecular flexibility index (Phi) is 5.22. The summed E-state index contributed by atoms with van der Waals surface area (Å²) in [6.45, 7) is 1.55. The lowest BCUT2D eigenvalue weighted by molar-refractivity contribution is 0.579. The zero-order valence-corrected chi connectivity index (χ0v) is 13.0. The standard InChI is InChI=1S/C10H11BrF2N2O2S2/c1-2-8(10(14)18)19(16,17)15-9-6(12)3-5(11)4-7(9)13/h3-4,8,15H,2H2,1H3,(H2,14,18). The summed E-state index contributed by atoms with van der Waals surface area (Å²) < 4.78 is 53.0. The van der Waals surface area contributed by atoms with Crippen molar-refractivity contribution in [2.24, 2.45) is 5.73 Å². The highest BCUT2D eigenvalue weighted by molar-refractivity contribution is 9.10. The maximum absolute atomic E-state index is 13.5. The van der Waals surface area contributed by atoms with Crippen molar-refractivity contribution in [3.63, 3.8) is 0 Å². The van der Waals surface area contributed by atoms with E-state index < -0.39 is 32.6 Å². The van der Waals surface area contributed by atoms with Crippen LogP contribution in [-0.2, 0) is 10.0 Å². The highest BCUT2D eigenvalue weighted by Crippen LogP contribution is 2.25. The van der Waals surface area contributed by atoms with Crippen LogP contribution in [0.1, 0.15) is 13.3 Å². The van der Waals surface area contributed by atoms with E-state index in [1.165, 1.54) is 0 Å². The maximum Gasteiger partial charge on any atom is 0.242 e. The largest absolute Gasteiger partial charge is 0.392 e. The molecule has 0 aliphatic heterocycles. The van der Waals surface area contributed by atoms with E-state index >= 15 is 0 Å². The summed E-state index contributed by atoms with van der Waals surface area (Å²) in [6, 6.07) is 1.89. The first kappa shape index (κ1) is 16.3. The van der Waals surface area contributed by atoms with Gasteiger partial charge in [0, 0.05) is 4.47 Å². The molecule has 0 saturated carbocycles. The van der Waals surface area contributed by atoms with Gasteiger partial charge in [-0.3, -0.25) is 4.72 Å². The van der Waals surface area contributed by atoms with Crippen molar-refractivity contribution in [3.05, 3.63) is 28.2 Å². The van der Waals surface area contributed by atoms with Crippen LogP contribution in [0.5, 0.6) is 0 Å². The third-order valence-corrected chi connectivity index (χ3v) is 5.03. The molecule has 9 heteroatoms. The lowest BCUT2D eigenvalue weighted by Gasteiger charge is -2.16. The van der Waals surface area contributed by atoms with Gasteiger partial charge in [-0.15, -0.1) is 0 Å². The Morgan fingerprint density at radius 3 is 2.32 bits per heavy atom. The summed E-state index contributed by atoms with van der Waals surface area (Å²) in [5.41, 5.74) is 4.55. The molecule has 0 heterocycles. The summed E-state index contributed by atoms with van der Waals surface area (Å²) in [6.07, 6.45) is 0.102. The number of anilines is 1. The highest BCUT2D eigenvalue weighted by Gasteiger charge is 2.28. The molecule has 4 nitrogen and oxygen atoms in total. The van der Waals surface area contributed by atoms with Gasteiger partial charge in [-0.05, 0) is 18.6 Å². The van der Waals surface area contributed by atoms with Crippen LogP contribution in [0.2, 0.25) is 0 Å². The topological polar surface area (TPSA) is 72.2 Å². The summed E-state index contributed by atoms with van der Waals surface area (Å²) in [7, 11) is -4.09. The monoisotopic (exact) mass is 372 g/mol. The van der Waals surface area contributed by atoms with Crippen molar-refractivity contribution in [2.45, 2.75) is 18.6 Å². The molecule has 0 radical (unpaired) electrons. The average molecular weight is 373 g/mol. The fraction of sp³-hybridized carbons (Fsp3) is 0.300. The molecule has 0 amide bonds. The van der Waals surface area contributed by atoms with Crippen LogP contribution >= 0.6 is 28.1 Å². The second-order valence-electron chi connectivity index (χ2n) is 3.69. The lowest BCUT2D eigenvalue weighted by atomic mass is 10.3. The molecule has 0 fully saturated rings. The van der Waals surface area contributed by atoms with Gasteiger partial charge >= 0.3 is 0 Å². The maximum atomic E-state index is 13.5. The van der Waals surface area contributed by atoms with E-state index in [1.807, 2.05) is 4.72 Å². The lowest BCUT2D eigenvalue weighted by Crippen LogP contribution is -2.38. The van der Waals surface area contributed by atoms with E-state index in [9.17, 15) is 17.2 Å². The normalized spacial score (nSPS) is 13.1. The van der Waals surface area contributed by atoms with Gasteiger partial charge < -0.3 is 5.73 Å². The van der Waals surface area contributed by atoms with Crippen LogP contribution < -0.4 is 10.5 Å². The molecule has 0 bridgehead atoms. The second-order valence-corrected chi connectivity index (χ2v) is 6.94. The number of halogens is 3. The van der Waals surface area contributed by atoms with E-state index in [-0.39, 0.29) is 15.9 Å². The zero-order chi connectivity index (χ0) is 14.8. The number of thiocarbonyl (C=S) groups is 1. The quantitative estimate of drug-likeness (QED) is 0.779. The molecule has 0 aromatic heterocycles. The first-order valence-corrected chi connectivity index (χ1v) is 7.89. The second kappa shape index (κ2) is 6.10. The summed E-state index contributed by atoms with van der Waals surface area (Å²) in [5, 5.41) is -1.19. The Morgan fingerprint density at radius 1 is 1.47 bits per heavy atom. The molecular weight excluding hydrogens is 362 g/mol. The first-order valence-electron chi connectivity index (χ1n) is 5.14. The zero-order valence-electron chi connectivity index (χ0n) is 9.78. The third kappa shape index (κ3) is 3.83. The molecule has 0 aliphatic carbocycles. The SMILES string of the molecule is CCC(C(N)=S)S(=O)(=O)Nc1c(F)cc(Br)cc1F. The number of nitrogens with two attached hydrogens (primary N) is 1. The predicted octanol–water partition coefficient (Wildman–Crippen LogP) is 2.53. The minimum absolute atomic E-state index is 0.102. The van der Waals surface area contributed by atoms with E-state index in [0.717, 1.165) is 12.1 Å². The van der Waals surface area contributed by atoms with Gasteiger partial charge in [0.25, 0.3) is 0 Å². The number of hydrogen-bond acceptors (Lipinski definition) is 3. The molecule has 106 valence electrons. The Bertz CT molecular complexity index is 585. The molecule has 1 aromatic rings. The number of benzene rings is 1. The van der Waals surface area contributed by atoms with Crippen molar-refractivity contribution >= 4 is 48.8 Å². The van der Waals surface area contributed by atoms with Gasteiger partial charge in [-0.25, -0.2) is 17.2 Å². The highest BCUT2D eigenvalue weighted by atomic mass is 79.9. The predicted molar refractivity (Wildman–Crippen MR) is 77.5 cm³/mol. The van der Waals surface area contributed by atoms with E-state index in [1.54, 1.807) is 6.92 Å². The molecule has 0 aliphatic rings. The smallest absolute Gasteiger partial charge is 0.242 e. The van der Waals surface area contributed by atoms with Crippen LogP contribution in [0.25, 0.3) is 0 Å². The van der Waals surface area contributed by atoms with Crippen LogP contribution in [0.3, 0.4) is 0 Å². The molecule has 1 unspecified atom stereocenters. The van der Waals surface area contributed by atoms with Gasteiger partial charge in [-0.1, -0.05) is 35.1 Å². The van der Waals surface area contributed by atoms with Crippen molar-refractivity contribution in [3.8, 4) is 0 Å². The Labute approximate surface area is 123 Å². The minimum atomic E-state index is -4.09. The Morgan fingerprint density at radius 2 is 1.95 bits per heavy atom. The van der Waals surface area contributed by atoms with Crippen molar-refractivity contribution in [1.82, 2.24) is 0 Å². The minimum Gasteiger partial charge on any atom is -0.392 e. The molecule has 19 heavy (non-hydrogen) atoms. The van der Waals surface area contributed by atoms with Gasteiger partial charge in [0.05, 0.1) is 4.99 Å². The number of nitrogens with one attached hydrogen (secondary N) is 1. The van der Waals surface area contributed by atoms with Crippen molar-refractivity contribution < 1.29 is 17.2 Å². The van der Waals surface area contributed by atoms with Crippen LogP contribution in [0.15, 0.2) is 16.6 Å². The van der Waals surface area contributed by atoms with Crippen LogP contribution in [-0.4, -0.2) is 18.7 Å². The number of rotatable bonds is 5. The van der Waals surface area contributed by atoms with Gasteiger partial charge in [0.15, 0.2) is 11.6 Å². The average Bonchev–Trinajstić information content (AvgIpc) is 2.23. The van der Waals surface area contributed by atoms with E-state index in [0.29, 0.717) is 0 Å².